The first-order valence-electron chi connectivity index (χ1n) is 9.78. The third-order valence-corrected chi connectivity index (χ3v) is 7.75. The summed E-state index contributed by atoms with van der Waals surface area (Å²) >= 11 is 0. The minimum Gasteiger partial charge on any atom is -0.315 e. The number of hydrogen-bond acceptors (Lipinski definition) is 3. The van der Waals surface area contributed by atoms with Gasteiger partial charge in [0.2, 0.25) is 15.9 Å². The molecule has 0 N–H and O–H groups in total. The number of carbonyl (C=O) groups is 1. The second-order valence-electron chi connectivity index (χ2n) is 8.01. The standard InChI is InChI=1S/C22H26N2O3S/c1-15(2)17-5-4-16-10-11-24(14-19(16)12-17)28(26,27)20-7-8-21-18(13-20)6-9-22(25)23(21)3/h4-5,7-8,12-13,15H,6,9-11,14H2,1-3H3. The molecule has 2 aromatic rings. The molecule has 5 nitrogen and oxygen atoms in total. The minimum atomic E-state index is -3.57. The van der Waals surface area contributed by atoms with E-state index in [1.807, 2.05) is 0 Å². The van der Waals surface area contributed by atoms with Gasteiger partial charge in [-0.1, -0.05) is 32.0 Å². The van der Waals surface area contributed by atoms with Gasteiger partial charge in [0.15, 0.2) is 0 Å². The van der Waals surface area contributed by atoms with Crippen molar-refractivity contribution in [3.8, 4) is 0 Å². The van der Waals surface area contributed by atoms with Crippen LogP contribution in [-0.4, -0.2) is 32.2 Å². The zero-order valence-corrected chi connectivity index (χ0v) is 17.4. The highest BCUT2D eigenvalue weighted by atomic mass is 32.2. The van der Waals surface area contributed by atoms with E-state index in [0.717, 1.165) is 23.2 Å². The number of hydrogen-bond donors (Lipinski definition) is 0. The van der Waals surface area contributed by atoms with Crippen molar-refractivity contribution in [2.24, 2.45) is 0 Å². The number of sulfonamides is 1. The first-order valence-corrected chi connectivity index (χ1v) is 11.2. The van der Waals surface area contributed by atoms with Crippen LogP contribution < -0.4 is 4.90 Å². The number of aryl methyl sites for hydroxylation is 1. The zero-order chi connectivity index (χ0) is 20.1. The van der Waals surface area contributed by atoms with Crippen LogP contribution in [0.2, 0.25) is 0 Å². The maximum atomic E-state index is 13.3. The van der Waals surface area contributed by atoms with E-state index in [0.29, 0.717) is 36.7 Å². The topological polar surface area (TPSA) is 57.7 Å². The summed E-state index contributed by atoms with van der Waals surface area (Å²) in [7, 11) is -1.83. The van der Waals surface area contributed by atoms with E-state index in [9.17, 15) is 13.2 Å². The fourth-order valence-electron chi connectivity index (χ4n) is 4.06. The number of nitrogens with zero attached hydrogens (tertiary/aromatic N) is 2. The molecular weight excluding hydrogens is 372 g/mol. The molecule has 28 heavy (non-hydrogen) atoms. The lowest BCUT2D eigenvalue weighted by atomic mass is 9.94. The van der Waals surface area contributed by atoms with Gasteiger partial charge < -0.3 is 4.90 Å². The normalized spacial score (nSPS) is 17.6. The van der Waals surface area contributed by atoms with Gasteiger partial charge in [-0.25, -0.2) is 8.42 Å². The molecule has 0 saturated carbocycles. The Morgan fingerprint density at radius 2 is 1.71 bits per heavy atom. The second-order valence-corrected chi connectivity index (χ2v) is 9.95. The van der Waals surface area contributed by atoms with Crippen molar-refractivity contribution in [1.82, 2.24) is 4.31 Å². The largest absolute Gasteiger partial charge is 0.315 e. The summed E-state index contributed by atoms with van der Waals surface area (Å²) in [5, 5.41) is 0. The Hall–Kier alpha value is -2.18. The predicted molar refractivity (Wildman–Crippen MR) is 110 cm³/mol. The molecule has 0 aliphatic carbocycles. The van der Waals surface area contributed by atoms with E-state index in [1.54, 1.807) is 34.5 Å². The highest BCUT2D eigenvalue weighted by molar-refractivity contribution is 7.89. The highest BCUT2D eigenvalue weighted by Crippen LogP contribution is 2.32. The average Bonchev–Trinajstić information content (AvgIpc) is 2.69. The third-order valence-electron chi connectivity index (χ3n) is 5.91. The molecule has 0 unspecified atom stereocenters. The van der Waals surface area contributed by atoms with Crippen LogP contribution in [0.1, 0.15) is 48.4 Å². The van der Waals surface area contributed by atoms with Crippen molar-refractivity contribution >= 4 is 21.6 Å². The van der Waals surface area contributed by atoms with Crippen LogP contribution in [0.4, 0.5) is 5.69 Å². The third kappa shape index (κ3) is 3.25. The van der Waals surface area contributed by atoms with E-state index in [-0.39, 0.29) is 5.91 Å². The molecule has 4 rings (SSSR count). The van der Waals surface area contributed by atoms with Crippen LogP contribution in [-0.2, 0) is 34.2 Å². The highest BCUT2D eigenvalue weighted by Gasteiger charge is 2.30. The molecule has 0 aromatic heterocycles. The molecule has 0 radical (unpaired) electrons. The van der Waals surface area contributed by atoms with Gasteiger partial charge in [-0.3, -0.25) is 4.79 Å². The fraction of sp³-hybridized carbons (Fsp3) is 0.409. The number of fused-ring (bicyclic) bond motifs is 2. The number of rotatable bonds is 3. The number of carbonyl (C=O) groups excluding carboxylic acids is 1. The molecule has 0 atom stereocenters. The van der Waals surface area contributed by atoms with Crippen molar-refractivity contribution in [2.75, 3.05) is 18.5 Å². The lowest BCUT2D eigenvalue weighted by molar-refractivity contribution is -0.118. The summed E-state index contributed by atoms with van der Waals surface area (Å²) in [5.41, 5.74) is 5.30. The first-order chi connectivity index (χ1) is 13.3. The maximum absolute atomic E-state index is 13.3. The summed E-state index contributed by atoms with van der Waals surface area (Å²) in [6.45, 7) is 5.20. The Kier molecular flexibility index (Phi) is 4.79. The number of amides is 1. The lowest BCUT2D eigenvalue weighted by Gasteiger charge is -2.30. The Morgan fingerprint density at radius 3 is 2.46 bits per heavy atom. The molecule has 148 valence electrons. The van der Waals surface area contributed by atoms with Crippen LogP contribution in [0.5, 0.6) is 0 Å². The summed E-state index contributed by atoms with van der Waals surface area (Å²) in [6.07, 6.45) is 1.74. The van der Waals surface area contributed by atoms with Gasteiger partial charge in [0.25, 0.3) is 0 Å². The first kappa shape index (κ1) is 19.2. The quantitative estimate of drug-likeness (QED) is 0.796. The molecule has 0 spiro atoms. The summed E-state index contributed by atoms with van der Waals surface area (Å²) in [6, 6.07) is 11.6. The molecule has 0 bridgehead atoms. The van der Waals surface area contributed by atoms with Crippen molar-refractivity contribution < 1.29 is 13.2 Å². The smallest absolute Gasteiger partial charge is 0.243 e. The van der Waals surface area contributed by atoms with E-state index in [2.05, 4.69) is 32.0 Å². The van der Waals surface area contributed by atoms with Crippen molar-refractivity contribution in [1.29, 1.82) is 0 Å². The van der Waals surface area contributed by atoms with E-state index < -0.39 is 10.0 Å². The van der Waals surface area contributed by atoms with Gasteiger partial charge in [0, 0.05) is 32.2 Å². The molecule has 2 aliphatic heterocycles. The van der Waals surface area contributed by atoms with Crippen LogP contribution >= 0.6 is 0 Å². The molecule has 2 heterocycles. The van der Waals surface area contributed by atoms with Gasteiger partial charge in [-0.2, -0.15) is 4.31 Å². The summed E-state index contributed by atoms with van der Waals surface area (Å²) in [4.78, 5) is 13.8. The lowest BCUT2D eigenvalue weighted by Crippen LogP contribution is -2.36. The van der Waals surface area contributed by atoms with E-state index in [1.165, 1.54) is 11.1 Å². The second kappa shape index (κ2) is 7.01. The molecule has 0 fully saturated rings. The van der Waals surface area contributed by atoms with E-state index >= 15 is 0 Å². The van der Waals surface area contributed by atoms with E-state index in [4.69, 9.17) is 0 Å². The molecular formula is C22H26N2O3S. The summed E-state index contributed by atoms with van der Waals surface area (Å²) < 4.78 is 28.2. The van der Waals surface area contributed by atoms with Gasteiger partial charge in [0.05, 0.1) is 4.90 Å². The van der Waals surface area contributed by atoms with Crippen molar-refractivity contribution in [2.45, 2.75) is 50.5 Å². The average molecular weight is 399 g/mol. The van der Waals surface area contributed by atoms with Gasteiger partial charge >= 0.3 is 0 Å². The minimum absolute atomic E-state index is 0.0664. The summed E-state index contributed by atoms with van der Waals surface area (Å²) in [5.74, 6) is 0.481. The fourth-order valence-corrected chi connectivity index (χ4v) is 5.53. The van der Waals surface area contributed by atoms with Crippen LogP contribution in [0.3, 0.4) is 0 Å². The van der Waals surface area contributed by atoms with Crippen molar-refractivity contribution in [3.63, 3.8) is 0 Å². The van der Waals surface area contributed by atoms with Gasteiger partial charge in [0.1, 0.15) is 0 Å². The Balaban J connectivity index is 1.64. The van der Waals surface area contributed by atoms with Crippen LogP contribution in [0, 0.1) is 0 Å². The molecule has 1 amide bonds. The maximum Gasteiger partial charge on any atom is 0.243 e. The van der Waals surface area contributed by atoms with Crippen molar-refractivity contribution in [3.05, 3.63) is 58.7 Å². The van der Waals surface area contributed by atoms with Crippen LogP contribution in [0.15, 0.2) is 41.3 Å². The van der Waals surface area contributed by atoms with Gasteiger partial charge in [-0.05, 0) is 59.2 Å². The number of benzene rings is 2. The molecule has 6 heteroatoms. The monoisotopic (exact) mass is 398 g/mol. The Labute approximate surface area is 167 Å². The van der Waals surface area contributed by atoms with Gasteiger partial charge in [-0.15, -0.1) is 0 Å². The molecule has 2 aliphatic rings. The molecule has 2 aromatic carbocycles. The number of anilines is 1. The zero-order valence-electron chi connectivity index (χ0n) is 16.6. The Morgan fingerprint density at radius 1 is 0.929 bits per heavy atom. The van der Waals surface area contributed by atoms with Crippen LogP contribution in [0.25, 0.3) is 0 Å². The SMILES string of the molecule is CC(C)c1ccc2c(c1)CN(S(=O)(=O)c1ccc3c(c1)CCC(=O)N3C)CC2. The Bertz CT molecular complexity index is 1040. The molecule has 0 saturated heterocycles. The predicted octanol–water partition coefficient (Wildman–Crippen LogP) is 3.47.